The Morgan fingerprint density at radius 1 is 0.521 bits per heavy atom. The average Bonchev–Trinajstić information content (AvgIpc) is 3.37. The Balaban J connectivity index is 2.26. The highest BCUT2D eigenvalue weighted by molar-refractivity contribution is 7.80. The van der Waals surface area contributed by atoms with Gasteiger partial charge >= 0.3 is 16.4 Å². The highest BCUT2D eigenvalue weighted by Crippen LogP contribution is 2.26. The van der Waals surface area contributed by atoms with Gasteiger partial charge in [0, 0.05) is 13.0 Å². The molecule has 1 aliphatic heterocycles. The Morgan fingerprint density at radius 3 is 1.30 bits per heavy atom. The van der Waals surface area contributed by atoms with Gasteiger partial charge in [0.15, 0.2) is 6.29 Å². The maximum atomic E-state index is 13.0. The molecule has 0 aromatic heterocycles. The van der Waals surface area contributed by atoms with Crippen LogP contribution in [0.25, 0.3) is 0 Å². The van der Waals surface area contributed by atoms with E-state index in [9.17, 15) is 33.1 Å². The molecule has 1 aliphatic rings. The number of hydrogen-bond donors (Lipinski definition) is 4. The molecule has 1 saturated heterocycles. The molecule has 1 rings (SSSR count). The van der Waals surface area contributed by atoms with Crippen LogP contribution in [-0.4, -0.2) is 97.5 Å². The summed E-state index contributed by atoms with van der Waals surface area (Å²) in [7, 11) is -5.07. The minimum Gasteiger partial charge on any atom is -0.457 e. The smallest absolute Gasteiger partial charge is 0.397 e. The van der Waals surface area contributed by atoms with Crippen LogP contribution in [0.2, 0.25) is 0 Å². The van der Waals surface area contributed by atoms with E-state index in [1.807, 2.05) is 0 Å². The summed E-state index contributed by atoms with van der Waals surface area (Å²) in [5, 5.41) is 30.9. The van der Waals surface area contributed by atoms with Crippen molar-refractivity contribution in [2.45, 2.75) is 327 Å². The van der Waals surface area contributed by atoms with E-state index in [1.54, 1.807) is 0 Å². The minimum absolute atomic E-state index is 0.0396. The monoisotopic (exact) mass is 1060 g/mol. The molecule has 0 aromatic rings. The second kappa shape index (κ2) is 51.3. The third-order valence-electron chi connectivity index (χ3n) is 14.3. The van der Waals surface area contributed by atoms with Crippen molar-refractivity contribution in [1.29, 1.82) is 0 Å². The van der Waals surface area contributed by atoms with Crippen LogP contribution in [-0.2, 0) is 38.3 Å². The van der Waals surface area contributed by atoms with Gasteiger partial charge in [0.2, 0.25) is 0 Å². The fourth-order valence-corrected chi connectivity index (χ4v) is 10.2. The van der Waals surface area contributed by atoms with E-state index in [1.165, 1.54) is 212 Å². The molecule has 6 atom stereocenters. The van der Waals surface area contributed by atoms with E-state index in [4.69, 9.17) is 18.9 Å². The lowest BCUT2D eigenvalue weighted by Gasteiger charge is -2.41. The third-order valence-corrected chi connectivity index (χ3v) is 14.8. The molecule has 1 fully saturated rings. The summed E-state index contributed by atoms with van der Waals surface area (Å²) in [6.45, 7) is 4.05. The number of allylic oxidation sites excluding steroid dienone is 4. The van der Waals surface area contributed by atoms with E-state index < -0.39 is 59.8 Å². The highest BCUT2D eigenvalue weighted by Gasteiger charge is 2.48. The summed E-state index contributed by atoms with van der Waals surface area (Å²) in [6.07, 6.45) is 53.7. The van der Waals surface area contributed by atoms with Crippen LogP contribution < -0.4 is 0 Å². The first-order valence-corrected chi connectivity index (χ1v) is 32.0. The predicted octanol–water partition coefficient (Wildman–Crippen LogP) is 15.5. The SMILES string of the molecule is CCCCCCC/C=C\C/C=C\CCCCCCCCCCCC(=O)OC(COCCCCCCCCCCCCCCCCCCCCCCCCCCC)COC1OC(CO)C(O)C(OS(=O)(=O)O)C1O. The van der Waals surface area contributed by atoms with Gasteiger partial charge in [0.1, 0.15) is 30.5 Å². The Morgan fingerprint density at radius 2 is 0.904 bits per heavy atom. The molecule has 0 bridgehead atoms. The predicted molar refractivity (Wildman–Crippen MR) is 299 cm³/mol. The lowest BCUT2D eigenvalue weighted by molar-refractivity contribution is -0.301. The lowest BCUT2D eigenvalue weighted by atomic mass is 9.99. The maximum Gasteiger partial charge on any atom is 0.397 e. The molecule has 0 aliphatic carbocycles. The molecule has 0 amide bonds. The number of unbranched alkanes of at least 4 members (excludes halogenated alkanes) is 38. The molecule has 13 heteroatoms. The van der Waals surface area contributed by atoms with Crippen LogP contribution in [0.3, 0.4) is 0 Å². The summed E-state index contributed by atoms with van der Waals surface area (Å²) < 4.78 is 59.5. The zero-order valence-corrected chi connectivity index (χ0v) is 47.8. The van der Waals surface area contributed by atoms with Crippen LogP contribution in [0.1, 0.15) is 290 Å². The molecule has 73 heavy (non-hydrogen) atoms. The molecule has 1 heterocycles. The number of hydrogen-bond acceptors (Lipinski definition) is 11. The first-order valence-electron chi connectivity index (χ1n) is 30.6. The van der Waals surface area contributed by atoms with Gasteiger partial charge in [-0.1, -0.05) is 263 Å². The van der Waals surface area contributed by atoms with Crippen molar-refractivity contribution in [3.8, 4) is 0 Å². The van der Waals surface area contributed by atoms with Crippen LogP contribution >= 0.6 is 0 Å². The fourth-order valence-electron chi connectivity index (χ4n) is 9.71. The number of esters is 1. The molecular weight excluding hydrogens is 945 g/mol. The summed E-state index contributed by atoms with van der Waals surface area (Å²) in [5.41, 5.74) is 0. The Kier molecular flexibility index (Phi) is 48.9. The standard InChI is InChI=1S/C60H114O12S/c1-3-5-7-9-11-13-15-17-19-21-23-25-26-27-28-30-32-34-36-38-40-42-44-46-48-50-68-52-54(53-69-60-58(64)59(72-73(65,66)67)57(63)55(51-61)71-60)70-56(62)49-47-45-43-41-39-37-35-33-31-29-24-22-20-18-16-14-12-10-8-6-4-2/h16,18,22,24,54-55,57-61,63-64H,3-15,17,19-21,23,25-53H2,1-2H3,(H,65,66,67)/b18-16-,24-22-. The summed E-state index contributed by atoms with van der Waals surface area (Å²) in [4.78, 5) is 13.0. The number of rotatable bonds is 55. The van der Waals surface area contributed by atoms with E-state index in [-0.39, 0.29) is 19.6 Å². The second-order valence-electron chi connectivity index (χ2n) is 21.3. The van der Waals surface area contributed by atoms with Gasteiger partial charge in [-0.15, -0.1) is 0 Å². The van der Waals surface area contributed by atoms with E-state index in [0.29, 0.717) is 13.0 Å². The maximum absolute atomic E-state index is 13.0. The Hall–Kier alpha value is -1.42. The molecule has 0 radical (unpaired) electrons. The number of ether oxygens (including phenoxy) is 4. The molecule has 12 nitrogen and oxygen atoms in total. The van der Waals surface area contributed by atoms with Crippen molar-refractivity contribution in [2.24, 2.45) is 0 Å². The fraction of sp³-hybridized carbons (Fsp3) is 0.917. The quantitative estimate of drug-likeness (QED) is 0.0196. The van der Waals surface area contributed by atoms with Crippen molar-refractivity contribution >= 4 is 16.4 Å². The Labute approximate surface area is 448 Å². The normalized spacial score (nSPS) is 18.9. The average molecular weight is 1060 g/mol. The van der Waals surface area contributed by atoms with Gasteiger partial charge in [0.25, 0.3) is 0 Å². The zero-order valence-electron chi connectivity index (χ0n) is 47.0. The van der Waals surface area contributed by atoms with Crippen molar-refractivity contribution in [2.75, 3.05) is 26.4 Å². The number of carbonyl (C=O) groups is 1. The number of aliphatic hydroxyl groups is 3. The number of aliphatic hydroxyl groups excluding tert-OH is 3. The Bertz CT molecular complexity index is 1360. The van der Waals surface area contributed by atoms with Crippen LogP contribution in [0.4, 0.5) is 0 Å². The van der Waals surface area contributed by atoms with Gasteiger partial charge in [-0.25, -0.2) is 4.18 Å². The molecule has 0 saturated carbocycles. The minimum atomic E-state index is -5.07. The second-order valence-corrected chi connectivity index (χ2v) is 22.4. The summed E-state index contributed by atoms with van der Waals surface area (Å²) >= 11 is 0. The van der Waals surface area contributed by atoms with Crippen LogP contribution in [0.15, 0.2) is 24.3 Å². The van der Waals surface area contributed by atoms with Gasteiger partial charge in [-0.05, 0) is 44.9 Å². The number of carbonyl (C=O) groups excluding carboxylic acids is 1. The van der Waals surface area contributed by atoms with Gasteiger partial charge < -0.3 is 34.3 Å². The van der Waals surface area contributed by atoms with Crippen molar-refractivity contribution in [3.05, 3.63) is 24.3 Å². The van der Waals surface area contributed by atoms with E-state index in [2.05, 4.69) is 42.3 Å². The summed E-state index contributed by atoms with van der Waals surface area (Å²) in [6, 6.07) is 0. The first-order chi connectivity index (χ1) is 35.6. The van der Waals surface area contributed by atoms with Gasteiger partial charge in [-0.2, -0.15) is 8.42 Å². The lowest BCUT2D eigenvalue weighted by Crippen LogP contribution is -2.60. The van der Waals surface area contributed by atoms with Gasteiger partial charge in [0.05, 0.1) is 19.8 Å². The summed E-state index contributed by atoms with van der Waals surface area (Å²) in [5.74, 6) is -0.397. The third kappa shape index (κ3) is 44.3. The van der Waals surface area contributed by atoms with Crippen LogP contribution in [0.5, 0.6) is 0 Å². The van der Waals surface area contributed by atoms with Crippen molar-refractivity contribution < 1.29 is 56.2 Å². The van der Waals surface area contributed by atoms with Crippen LogP contribution in [0, 0.1) is 0 Å². The molecule has 4 N–H and O–H groups in total. The molecule has 432 valence electrons. The topological polar surface area (TPSA) is 178 Å². The van der Waals surface area contributed by atoms with Crippen molar-refractivity contribution in [3.63, 3.8) is 0 Å². The zero-order chi connectivity index (χ0) is 53.1. The molecule has 6 unspecified atom stereocenters. The van der Waals surface area contributed by atoms with E-state index in [0.717, 1.165) is 51.4 Å². The molecule has 0 aromatic carbocycles. The van der Waals surface area contributed by atoms with Crippen molar-refractivity contribution in [1.82, 2.24) is 0 Å². The molecule has 0 spiro atoms. The van der Waals surface area contributed by atoms with E-state index >= 15 is 0 Å². The molecular formula is C60H114O12S. The van der Waals surface area contributed by atoms with Gasteiger partial charge in [-0.3, -0.25) is 9.35 Å². The first kappa shape index (κ1) is 69.6. The highest BCUT2D eigenvalue weighted by atomic mass is 32.3. The largest absolute Gasteiger partial charge is 0.457 e.